The van der Waals surface area contributed by atoms with Crippen LogP contribution >= 0.6 is 0 Å². The van der Waals surface area contributed by atoms with E-state index in [1.54, 1.807) is 65.5 Å². The molecular formula is C41H63N4O10+. The average molecular weight is 772 g/mol. The van der Waals surface area contributed by atoms with Gasteiger partial charge in [-0.1, -0.05) is 93.6 Å². The van der Waals surface area contributed by atoms with Crippen LogP contribution in [0, 0.1) is 5.92 Å². The van der Waals surface area contributed by atoms with E-state index >= 15 is 0 Å². The molecule has 55 heavy (non-hydrogen) atoms. The molecule has 0 saturated carbocycles. The van der Waals surface area contributed by atoms with Crippen LogP contribution in [-0.4, -0.2) is 88.5 Å². The van der Waals surface area contributed by atoms with E-state index in [2.05, 4.69) is 45.5 Å². The Bertz CT molecular complexity index is 1420. The van der Waals surface area contributed by atoms with Crippen molar-refractivity contribution >= 4 is 30.3 Å². The zero-order valence-corrected chi connectivity index (χ0v) is 33.1. The molecule has 2 aromatic rings. The topological polar surface area (TPSA) is 201 Å². The number of carbonyl (C=O) groups excluding carboxylic acids is 3. The minimum absolute atomic E-state index is 0.0721. The summed E-state index contributed by atoms with van der Waals surface area (Å²) in [5.74, 6) is -0.771. The van der Waals surface area contributed by atoms with Gasteiger partial charge in [-0.3, -0.25) is 14.6 Å². The molecule has 306 valence electrons. The highest BCUT2D eigenvalue weighted by Gasteiger charge is 2.25. The van der Waals surface area contributed by atoms with E-state index in [0.29, 0.717) is 30.1 Å². The summed E-state index contributed by atoms with van der Waals surface area (Å²) in [6.07, 6.45) is 20.3. The Kier molecular flexibility index (Phi) is 30.6. The molecule has 0 amide bonds. The van der Waals surface area contributed by atoms with Gasteiger partial charge in [0.15, 0.2) is 6.20 Å². The molecule has 4 atom stereocenters. The van der Waals surface area contributed by atoms with Gasteiger partial charge in [-0.25, -0.2) is 4.79 Å². The summed E-state index contributed by atoms with van der Waals surface area (Å²) in [6, 6.07) is 10.6. The first-order valence-electron chi connectivity index (χ1n) is 18.8. The highest BCUT2D eigenvalue weighted by molar-refractivity contribution is 5.76. The molecule has 0 aliphatic carbocycles. The number of methoxy groups -OCH3 is 2. The number of pyridine rings is 2. The van der Waals surface area contributed by atoms with E-state index in [1.165, 1.54) is 45.9 Å². The summed E-state index contributed by atoms with van der Waals surface area (Å²) < 4.78 is 16.2. The van der Waals surface area contributed by atoms with Gasteiger partial charge in [0.05, 0.1) is 51.2 Å². The van der Waals surface area contributed by atoms with Crippen molar-refractivity contribution < 1.29 is 53.8 Å². The number of aromatic nitrogens is 2. The second kappa shape index (κ2) is 33.6. The van der Waals surface area contributed by atoms with Crippen molar-refractivity contribution in [2.24, 2.45) is 16.2 Å². The van der Waals surface area contributed by atoms with E-state index in [-0.39, 0.29) is 43.8 Å². The molecule has 4 unspecified atom stereocenters. The van der Waals surface area contributed by atoms with Crippen molar-refractivity contribution in [1.82, 2.24) is 4.98 Å². The fourth-order valence-electron chi connectivity index (χ4n) is 4.88. The third-order valence-electron chi connectivity index (χ3n) is 8.18. The maximum absolute atomic E-state index is 12.4. The lowest BCUT2D eigenvalue weighted by atomic mass is 9.95. The van der Waals surface area contributed by atoms with E-state index in [1.807, 2.05) is 12.1 Å². The van der Waals surface area contributed by atoms with E-state index in [0.717, 1.165) is 25.7 Å². The first-order valence-corrected chi connectivity index (χ1v) is 18.8. The van der Waals surface area contributed by atoms with E-state index in [9.17, 15) is 24.6 Å². The van der Waals surface area contributed by atoms with Crippen LogP contribution < -0.4 is 4.57 Å². The van der Waals surface area contributed by atoms with Crippen LogP contribution in [0.1, 0.15) is 109 Å². The Morgan fingerprint density at radius 1 is 0.764 bits per heavy atom. The number of unbranched alkanes of at least 4 members (excludes halogenated alkanes) is 4. The standard InChI is InChI=1S/C21H30N2O6.C14H26O3.C6H6N2O/c1-3-4-5-12-19(18(24)11-6-7-13-20(25)28-2)29-21(26)16-23-14-9-8-10-17(23)15-22-27;1-4-5-6-9-12(2)13(15)10-7-8-11-14(16)17-3;9-8-5-6-3-1-2-4-7-6/h6-10,14-15,18-19,24H,3-5,11-13,16H2,1-2H3;7-8,12-13,15H,4-6,9-11H2,1-3H3;1-5,9H/p+1/b7-6+;8-7+;8-5+. The number of aliphatic hydroxyl groups is 2. The average Bonchev–Trinajstić information content (AvgIpc) is 3.19. The van der Waals surface area contributed by atoms with Crippen LogP contribution in [0.15, 0.2) is 83.4 Å². The summed E-state index contributed by atoms with van der Waals surface area (Å²) >= 11 is 0. The zero-order chi connectivity index (χ0) is 41.1. The van der Waals surface area contributed by atoms with Gasteiger partial charge in [0.25, 0.3) is 0 Å². The minimum atomic E-state index is -0.871. The largest absolute Gasteiger partial charge is 0.469 e. The fraction of sp³-hybridized carbons (Fsp3) is 0.537. The molecule has 14 heteroatoms. The minimum Gasteiger partial charge on any atom is -0.469 e. The van der Waals surface area contributed by atoms with Crippen LogP contribution in [0.2, 0.25) is 0 Å². The summed E-state index contributed by atoms with van der Waals surface area (Å²) in [5, 5.41) is 43.0. The van der Waals surface area contributed by atoms with E-state index < -0.39 is 18.2 Å². The SMILES string of the molecule is CCCCCC(C)C(O)C/C=C/CC(=O)OC.CCCCCC(OC(=O)C[n+]1ccccc1/C=N/O)C(O)C/C=C/CC(=O)OC.O/N=C/c1ccccn1. The second-order valence-corrected chi connectivity index (χ2v) is 12.6. The Morgan fingerprint density at radius 2 is 1.35 bits per heavy atom. The number of oxime groups is 2. The van der Waals surface area contributed by atoms with Crippen molar-refractivity contribution in [2.45, 2.75) is 123 Å². The third-order valence-corrected chi connectivity index (χ3v) is 8.18. The van der Waals surface area contributed by atoms with Gasteiger partial charge in [-0.05, 0) is 56.2 Å². The highest BCUT2D eigenvalue weighted by Crippen LogP contribution is 2.16. The van der Waals surface area contributed by atoms with Crippen molar-refractivity contribution in [2.75, 3.05) is 14.2 Å². The summed E-state index contributed by atoms with van der Waals surface area (Å²) in [6.45, 7) is 6.26. The third kappa shape index (κ3) is 26.5. The monoisotopic (exact) mass is 771 g/mol. The maximum Gasteiger partial charge on any atom is 0.373 e. The van der Waals surface area contributed by atoms with Gasteiger partial charge in [-0.15, -0.1) is 0 Å². The predicted molar refractivity (Wildman–Crippen MR) is 210 cm³/mol. The molecule has 0 aromatic carbocycles. The molecule has 2 heterocycles. The van der Waals surface area contributed by atoms with Gasteiger partial charge in [0.1, 0.15) is 12.3 Å². The molecule has 0 bridgehead atoms. The maximum atomic E-state index is 12.4. The molecule has 0 saturated heterocycles. The quantitative estimate of drug-likeness (QED) is 0.0149. The summed E-state index contributed by atoms with van der Waals surface area (Å²) in [5.41, 5.74) is 1.20. The lowest BCUT2D eigenvalue weighted by Crippen LogP contribution is -2.44. The molecule has 2 rings (SSSR count). The van der Waals surface area contributed by atoms with Gasteiger partial charge >= 0.3 is 17.9 Å². The zero-order valence-electron chi connectivity index (χ0n) is 33.1. The molecule has 0 fully saturated rings. The highest BCUT2D eigenvalue weighted by atomic mass is 16.6. The Balaban J connectivity index is 0.000000935. The van der Waals surface area contributed by atoms with Crippen LogP contribution in [0.3, 0.4) is 0 Å². The van der Waals surface area contributed by atoms with Gasteiger partial charge < -0.3 is 34.8 Å². The molecule has 4 N–H and O–H groups in total. The first-order chi connectivity index (χ1) is 26.6. The van der Waals surface area contributed by atoms with Crippen molar-refractivity contribution in [3.05, 3.63) is 84.5 Å². The Hall–Kier alpha value is -4.95. The number of esters is 3. The van der Waals surface area contributed by atoms with Crippen LogP contribution in [0.4, 0.5) is 0 Å². The van der Waals surface area contributed by atoms with Gasteiger partial charge in [0, 0.05) is 18.3 Å². The van der Waals surface area contributed by atoms with Crippen LogP contribution in [-0.2, 0) is 35.1 Å². The molecule has 0 spiro atoms. The lowest BCUT2D eigenvalue weighted by Gasteiger charge is -2.22. The molecule has 0 aliphatic rings. The van der Waals surface area contributed by atoms with Gasteiger partial charge in [-0.2, -0.15) is 4.57 Å². The first kappa shape index (κ1) is 50.1. The van der Waals surface area contributed by atoms with Crippen molar-refractivity contribution in [3.8, 4) is 0 Å². The molecule has 14 nitrogen and oxygen atoms in total. The predicted octanol–water partition coefficient (Wildman–Crippen LogP) is 6.11. The second-order valence-electron chi connectivity index (χ2n) is 12.6. The molecule has 0 aliphatic heterocycles. The van der Waals surface area contributed by atoms with Crippen molar-refractivity contribution in [3.63, 3.8) is 0 Å². The number of hydrogen-bond acceptors (Lipinski definition) is 13. The molecular weight excluding hydrogens is 708 g/mol. The van der Waals surface area contributed by atoms with Crippen molar-refractivity contribution in [1.29, 1.82) is 0 Å². The van der Waals surface area contributed by atoms with Crippen LogP contribution in [0.25, 0.3) is 0 Å². The van der Waals surface area contributed by atoms with Gasteiger partial charge in [0.2, 0.25) is 12.2 Å². The number of hydrogen-bond donors (Lipinski definition) is 4. The smallest absolute Gasteiger partial charge is 0.373 e. The Morgan fingerprint density at radius 3 is 1.89 bits per heavy atom. The number of nitrogens with zero attached hydrogens (tertiary/aromatic N) is 4. The van der Waals surface area contributed by atoms with E-state index in [4.69, 9.17) is 15.2 Å². The summed E-state index contributed by atoms with van der Waals surface area (Å²) in [4.78, 5) is 38.2. The number of rotatable bonds is 23. The molecule has 0 radical (unpaired) electrons. The number of carbonyl (C=O) groups is 3. The van der Waals surface area contributed by atoms with Crippen LogP contribution in [0.5, 0.6) is 0 Å². The molecule has 2 aromatic heterocycles. The lowest BCUT2D eigenvalue weighted by molar-refractivity contribution is -0.686. The summed E-state index contributed by atoms with van der Waals surface area (Å²) in [7, 11) is 2.69. The number of ether oxygens (including phenoxy) is 3. The fourth-order valence-corrected chi connectivity index (χ4v) is 4.88. The number of aliphatic hydroxyl groups excluding tert-OH is 2. The normalized spacial score (nSPS) is 13.4. The Labute approximate surface area is 326 Å².